The first-order chi connectivity index (χ1) is 13.3. The van der Waals surface area contributed by atoms with Gasteiger partial charge in [-0.2, -0.15) is 0 Å². The van der Waals surface area contributed by atoms with Crippen molar-refractivity contribution in [3.63, 3.8) is 0 Å². The van der Waals surface area contributed by atoms with Crippen LogP contribution in [0.1, 0.15) is 53.1 Å². The van der Waals surface area contributed by atoms with Crippen molar-refractivity contribution in [2.75, 3.05) is 0 Å². The molecule has 0 radical (unpaired) electrons. The summed E-state index contributed by atoms with van der Waals surface area (Å²) in [6, 6.07) is 14.6. The third-order valence-corrected chi connectivity index (χ3v) is 5.82. The van der Waals surface area contributed by atoms with E-state index in [-0.39, 0.29) is 5.75 Å². The SMILES string of the molecule is C=c1ccc2c(c1C)Oc1c(ccc(O)c1C)C=2c1ccc(C(C)C)cc1C. The van der Waals surface area contributed by atoms with E-state index < -0.39 is 0 Å². The van der Waals surface area contributed by atoms with Crippen LogP contribution < -0.4 is 15.2 Å². The molecule has 1 aliphatic rings. The molecule has 3 aromatic carbocycles. The highest BCUT2D eigenvalue weighted by atomic mass is 16.5. The van der Waals surface area contributed by atoms with Gasteiger partial charge in [-0.3, -0.25) is 0 Å². The molecule has 142 valence electrons. The lowest BCUT2D eigenvalue weighted by atomic mass is 9.87. The minimum Gasteiger partial charge on any atom is -0.508 e. The second-order valence-corrected chi connectivity index (χ2v) is 8.02. The van der Waals surface area contributed by atoms with Crippen molar-refractivity contribution in [1.29, 1.82) is 0 Å². The van der Waals surface area contributed by atoms with Gasteiger partial charge in [0.1, 0.15) is 17.2 Å². The zero-order valence-corrected chi connectivity index (χ0v) is 17.2. The maximum Gasteiger partial charge on any atom is 0.141 e. The van der Waals surface area contributed by atoms with Crippen molar-refractivity contribution in [2.45, 2.75) is 40.5 Å². The minimum atomic E-state index is 0.247. The van der Waals surface area contributed by atoms with Gasteiger partial charge in [0.25, 0.3) is 0 Å². The van der Waals surface area contributed by atoms with Gasteiger partial charge in [0.15, 0.2) is 0 Å². The number of phenolic OH excluding ortho intramolecular Hbond substituents is 1. The van der Waals surface area contributed by atoms with Gasteiger partial charge in [-0.15, -0.1) is 0 Å². The van der Waals surface area contributed by atoms with E-state index in [1.165, 1.54) is 16.7 Å². The topological polar surface area (TPSA) is 29.5 Å². The standard InChI is InChI=1S/C26H26O2/c1-14(2)19-8-10-20(16(4)13-19)24-21-9-7-15(3)17(5)25(21)28-26-18(6)23(27)12-11-22(24)26/h7-14,27H,3H2,1-2,4-6H3. The molecule has 0 aromatic heterocycles. The van der Waals surface area contributed by atoms with Gasteiger partial charge in [0.05, 0.1) is 0 Å². The number of benzene rings is 3. The molecule has 0 saturated heterocycles. The molecule has 0 amide bonds. The first-order valence-corrected chi connectivity index (χ1v) is 9.74. The second kappa shape index (κ2) is 6.56. The third kappa shape index (κ3) is 2.72. The predicted molar refractivity (Wildman–Crippen MR) is 116 cm³/mol. The molecule has 0 fully saturated rings. The molecule has 1 aliphatic heterocycles. The van der Waals surface area contributed by atoms with E-state index in [2.05, 4.69) is 51.6 Å². The zero-order valence-electron chi connectivity index (χ0n) is 17.2. The van der Waals surface area contributed by atoms with Gasteiger partial charge < -0.3 is 9.84 Å². The maximum absolute atomic E-state index is 10.3. The van der Waals surface area contributed by atoms with Crippen molar-refractivity contribution in [3.8, 4) is 17.2 Å². The molecule has 2 nitrogen and oxygen atoms in total. The summed E-state index contributed by atoms with van der Waals surface area (Å²) in [7, 11) is 0. The summed E-state index contributed by atoms with van der Waals surface area (Å²) in [4.78, 5) is 0. The molecule has 0 saturated carbocycles. The van der Waals surface area contributed by atoms with E-state index in [1.54, 1.807) is 6.07 Å². The highest BCUT2D eigenvalue weighted by Crippen LogP contribution is 2.42. The van der Waals surface area contributed by atoms with Crippen LogP contribution in [0.4, 0.5) is 0 Å². The molecule has 28 heavy (non-hydrogen) atoms. The van der Waals surface area contributed by atoms with Gasteiger partial charge >= 0.3 is 0 Å². The molecule has 2 heteroatoms. The largest absolute Gasteiger partial charge is 0.508 e. The first kappa shape index (κ1) is 18.4. The lowest BCUT2D eigenvalue weighted by Crippen LogP contribution is -2.22. The summed E-state index contributed by atoms with van der Waals surface area (Å²) in [5, 5.41) is 12.3. The predicted octanol–water partition coefficient (Wildman–Crippen LogP) is 5.20. The normalized spacial score (nSPS) is 12.6. The Labute approximate surface area is 166 Å². The summed E-state index contributed by atoms with van der Waals surface area (Å²) in [5.41, 5.74) is 7.71. The molecular weight excluding hydrogens is 344 g/mol. The molecule has 4 rings (SSSR count). The Hall–Kier alpha value is -3.00. The minimum absolute atomic E-state index is 0.247. The Kier molecular flexibility index (Phi) is 4.30. The molecule has 0 atom stereocenters. The van der Waals surface area contributed by atoms with Crippen LogP contribution in [-0.4, -0.2) is 5.11 Å². The number of fused-ring (bicyclic) bond motifs is 2. The molecule has 3 aromatic rings. The third-order valence-electron chi connectivity index (χ3n) is 5.82. The lowest BCUT2D eigenvalue weighted by molar-refractivity contribution is 0.441. The van der Waals surface area contributed by atoms with Crippen molar-refractivity contribution >= 4 is 12.2 Å². The summed E-state index contributed by atoms with van der Waals surface area (Å²) >= 11 is 0. The Bertz CT molecular complexity index is 1220. The Morgan fingerprint density at radius 2 is 1.57 bits per heavy atom. The van der Waals surface area contributed by atoms with Crippen LogP contribution in [0.5, 0.6) is 17.2 Å². The van der Waals surface area contributed by atoms with E-state index >= 15 is 0 Å². The van der Waals surface area contributed by atoms with Crippen LogP contribution in [-0.2, 0) is 0 Å². The van der Waals surface area contributed by atoms with Crippen LogP contribution >= 0.6 is 0 Å². The van der Waals surface area contributed by atoms with Crippen LogP contribution in [0.25, 0.3) is 12.2 Å². The molecule has 0 bridgehead atoms. The van der Waals surface area contributed by atoms with Crippen molar-refractivity contribution in [1.82, 2.24) is 0 Å². The first-order valence-electron chi connectivity index (χ1n) is 9.74. The average molecular weight is 370 g/mol. The number of ether oxygens (including phenoxy) is 1. The highest BCUT2D eigenvalue weighted by molar-refractivity contribution is 5.87. The van der Waals surface area contributed by atoms with Gasteiger partial charge in [-0.05, 0) is 72.4 Å². The molecule has 1 N–H and O–H groups in total. The summed E-state index contributed by atoms with van der Waals surface area (Å²) < 4.78 is 6.33. The van der Waals surface area contributed by atoms with E-state index in [9.17, 15) is 5.11 Å². The van der Waals surface area contributed by atoms with E-state index in [0.717, 1.165) is 44.2 Å². The molecule has 0 aliphatic carbocycles. The number of aromatic hydroxyl groups is 1. The number of phenols is 1. The highest BCUT2D eigenvalue weighted by Gasteiger charge is 2.25. The lowest BCUT2D eigenvalue weighted by Gasteiger charge is -2.25. The Balaban J connectivity index is 2.13. The Morgan fingerprint density at radius 3 is 2.25 bits per heavy atom. The second-order valence-electron chi connectivity index (χ2n) is 8.02. The van der Waals surface area contributed by atoms with Crippen LogP contribution in [0.2, 0.25) is 0 Å². The van der Waals surface area contributed by atoms with E-state index in [4.69, 9.17) is 4.74 Å². The number of hydrogen-bond acceptors (Lipinski definition) is 2. The summed E-state index contributed by atoms with van der Waals surface area (Å²) in [6.07, 6.45) is 0. The molecule has 0 spiro atoms. The van der Waals surface area contributed by atoms with E-state index in [0.29, 0.717) is 5.92 Å². The number of aryl methyl sites for hydroxylation is 1. The van der Waals surface area contributed by atoms with Gasteiger partial charge in [-0.25, -0.2) is 0 Å². The molecular formula is C26H26O2. The van der Waals surface area contributed by atoms with Crippen molar-refractivity contribution < 1.29 is 9.84 Å². The quantitative estimate of drug-likeness (QED) is 0.525. The Morgan fingerprint density at radius 1 is 0.857 bits per heavy atom. The van der Waals surface area contributed by atoms with Gasteiger partial charge in [0, 0.05) is 21.9 Å². The summed E-state index contributed by atoms with van der Waals surface area (Å²) in [5.74, 6) is 2.29. The van der Waals surface area contributed by atoms with Crippen molar-refractivity contribution in [3.05, 3.63) is 86.3 Å². The molecule has 1 heterocycles. The fraction of sp³-hybridized carbons (Fsp3) is 0.231. The molecule has 0 unspecified atom stereocenters. The maximum atomic E-state index is 10.3. The van der Waals surface area contributed by atoms with Gasteiger partial charge in [-0.1, -0.05) is 44.7 Å². The van der Waals surface area contributed by atoms with Crippen molar-refractivity contribution in [2.24, 2.45) is 0 Å². The van der Waals surface area contributed by atoms with Gasteiger partial charge in [0.2, 0.25) is 0 Å². The van der Waals surface area contributed by atoms with Crippen LogP contribution in [0.15, 0.2) is 42.5 Å². The fourth-order valence-corrected chi connectivity index (χ4v) is 3.93. The summed E-state index contributed by atoms with van der Waals surface area (Å²) in [6.45, 7) is 14.7. The van der Waals surface area contributed by atoms with Crippen LogP contribution in [0.3, 0.4) is 0 Å². The van der Waals surface area contributed by atoms with E-state index in [1.807, 2.05) is 26.0 Å². The number of hydrogen-bond donors (Lipinski definition) is 1. The monoisotopic (exact) mass is 370 g/mol. The smallest absolute Gasteiger partial charge is 0.141 e. The average Bonchev–Trinajstić information content (AvgIpc) is 2.67. The number of rotatable bonds is 2. The van der Waals surface area contributed by atoms with Crippen LogP contribution in [0, 0.1) is 20.8 Å². The zero-order chi connectivity index (χ0) is 20.2. The fourth-order valence-electron chi connectivity index (χ4n) is 3.93.